The van der Waals surface area contributed by atoms with Gasteiger partial charge in [0.2, 0.25) is 0 Å². The summed E-state index contributed by atoms with van der Waals surface area (Å²) in [6.45, 7) is 0. The van der Waals surface area contributed by atoms with E-state index in [1.165, 1.54) is 0 Å². The van der Waals surface area contributed by atoms with Crippen LogP contribution in [0.4, 0.5) is 0 Å². The van der Waals surface area contributed by atoms with Crippen molar-refractivity contribution in [2.24, 2.45) is 0 Å². The van der Waals surface area contributed by atoms with Crippen LogP contribution in [-0.4, -0.2) is 19.6 Å². The fourth-order valence-corrected chi connectivity index (χ4v) is 2.60. The van der Waals surface area contributed by atoms with E-state index in [1.54, 1.807) is 6.20 Å². The number of imidazole rings is 1. The van der Waals surface area contributed by atoms with Gasteiger partial charge in [0.25, 0.3) is 0 Å². The summed E-state index contributed by atoms with van der Waals surface area (Å²) in [4.78, 5) is 4.29. The first-order valence-corrected chi connectivity index (χ1v) is 6.56. The highest BCUT2D eigenvalue weighted by Crippen LogP contribution is 2.29. The Hall–Kier alpha value is -2.46. The molecular weight excluding hydrogens is 272 g/mol. The summed E-state index contributed by atoms with van der Waals surface area (Å²) in [5.41, 5.74) is 2.62. The molecule has 0 fully saturated rings. The molecule has 4 aromatic rings. The summed E-state index contributed by atoms with van der Waals surface area (Å²) in [6.07, 6.45) is 3.68. The second-order valence-corrected chi connectivity index (χ2v) is 4.81. The first-order valence-electron chi connectivity index (χ1n) is 6.18. The van der Waals surface area contributed by atoms with Crippen molar-refractivity contribution in [3.05, 3.63) is 60.0 Å². The molecule has 4 rings (SSSR count). The fraction of sp³-hybridized carbons (Fsp3) is 0. The predicted octanol–water partition coefficient (Wildman–Crippen LogP) is 3.60. The van der Waals surface area contributed by atoms with Crippen LogP contribution in [0.5, 0.6) is 0 Å². The van der Waals surface area contributed by atoms with Crippen LogP contribution in [0, 0.1) is 0 Å². The molecule has 3 heterocycles. The number of rotatable bonds is 1. The topological polar surface area (TPSA) is 43.1 Å². The molecule has 0 spiro atoms. The lowest BCUT2D eigenvalue weighted by atomic mass is 10.1. The van der Waals surface area contributed by atoms with Crippen LogP contribution in [0.15, 0.2) is 54.9 Å². The molecule has 0 N–H and O–H groups in total. The van der Waals surface area contributed by atoms with Crippen molar-refractivity contribution in [1.29, 1.82) is 0 Å². The van der Waals surface area contributed by atoms with Crippen LogP contribution in [0.2, 0.25) is 5.15 Å². The smallest absolute Gasteiger partial charge is 0.159 e. The van der Waals surface area contributed by atoms with E-state index in [9.17, 15) is 0 Å². The molecule has 0 aliphatic heterocycles. The van der Waals surface area contributed by atoms with Crippen LogP contribution in [0.1, 0.15) is 0 Å². The van der Waals surface area contributed by atoms with Crippen molar-refractivity contribution >= 4 is 28.0 Å². The van der Waals surface area contributed by atoms with E-state index in [2.05, 4.69) is 15.2 Å². The lowest BCUT2D eigenvalue weighted by molar-refractivity contribution is 1.04. The van der Waals surface area contributed by atoms with E-state index >= 15 is 0 Å². The van der Waals surface area contributed by atoms with Gasteiger partial charge >= 0.3 is 0 Å². The van der Waals surface area contributed by atoms with E-state index in [0.29, 0.717) is 5.15 Å². The Kier molecular flexibility index (Phi) is 2.44. The third-order valence-electron chi connectivity index (χ3n) is 3.31. The van der Waals surface area contributed by atoms with Crippen molar-refractivity contribution < 1.29 is 0 Å². The van der Waals surface area contributed by atoms with Crippen molar-refractivity contribution in [3.63, 3.8) is 0 Å². The standard InChI is InChI=1S/C15H9ClN4/c16-15-11-5-2-1-4-10(11)14(18-19-15)12-6-3-7-13-17-8-9-20(12)13/h1-9H. The zero-order chi connectivity index (χ0) is 13.5. The minimum atomic E-state index is 0.419. The van der Waals surface area contributed by atoms with Gasteiger partial charge in [-0.15, -0.1) is 10.2 Å². The zero-order valence-corrected chi connectivity index (χ0v) is 11.1. The number of halogens is 1. The summed E-state index contributed by atoms with van der Waals surface area (Å²) in [5.74, 6) is 0. The molecule has 1 aromatic carbocycles. The van der Waals surface area contributed by atoms with Crippen LogP contribution in [0.3, 0.4) is 0 Å². The first-order chi connectivity index (χ1) is 9.84. The van der Waals surface area contributed by atoms with Crippen molar-refractivity contribution in [3.8, 4) is 11.4 Å². The Morgan fingerprint density at radius 2 is 1.75 bits per heavy atom. The molecular formula is C15H9ClN4. The lowest BCUT2D eigenvalue weighted by Crippen LogP contribution is -1.96. The molecule has 5 heteroatoms. The van der Waals surface area contributed by atoms with Crippen molar-refractivity contribution in [1.82, 2.24) is 19.6 Å². The molecule has 0 saturated heterocycles. The third kappa shape index (κ3) is 1.58. The van der Waals surface area contributed by atoms with Crippen molar-refractivity contribution in [2.45, 2.75) is 0 Å². The molecule has 0 saturated carbocycles. The van der Waals surface area contributed by atoms with Gasteiger partial charge in [-0.3, -0.25) is 4.40 Å². The van der Waals surface area contributed by atoms with Crippen LogP contribution >= 0.6 is 11.6 Å². The van der Waals surface area contributed by atoms with Gasteiger partial charge in [0.05, 0.1) is 5.69 Å². The van der Waals surface area contributed by atoms with Gasteiger partial charge in [0.1, 0.15) is 11.3 Å². The number of hydrogen-bond donors (Lipinski definition) is 0. The van der Waals surface area contributed by atoms with Gasteiger partial charge < -0.3 is 0 Å². The Labute approximate surface area is 119 Å². The minimum absolute atomic E-state index is 0.419. The SMILES string of the molecule is Clc1nnc(-c2cccc3nccn23)c2ccccc12. The molecule has 0 unspecified atom stereocenters. The minimum Gasteiger partial charge on any atom is -0.298 e. The molecule has 3 aromatic heterocycles. The maximum absolute atomic E-state index is 6.12. The number of benzene rings is 1. The normalized spacial score (nSPS) is 11.2. The molecule has 0 atom stereocenters. The van der Waals surface area contributed by atoms with E-state index < -0.39 is 0 Å². The van der Waals surface area contributed by atoms with E-state index in [-0.39, 0.29) is 0 Å². The van der Waals surface area contributed by atoms with E-state index in [1.807, 2.05) is 53.1 Å². The second kappa shape index (κ2) is 4.28. The van der Waals surface area contributed by atoms with Crippen LogP contribution < -0.4 is 0 Å². The third-order valence-corrected chi connectivity index (χ3v) is 3.59. The van der Waals surface area contributed by atoms with E-state index in [4.69, 9.17) is 11.6 Å². The number of hydrogen-bond acceptors (Lipinski definition) is 3. The van der Waals surface area contributed by atoms with Gasteiger partial charge in [-0.25, -0.2) is 4.98 Å². The largest absolute Gasteiger partial charge is 0.298 e. The average Bonchev–Trinajstić information content (AvgIpc) is 2.97. The van der Waals surface area contributed by atoms with Gasteiger partial charge in [-0.1, -0.05) is 41.9 Å². The summed E-state index contributed by atoms with van der Waals surface area (Å²) < 4.78 is 1.99. The second-order valence-electron chi connectivity index (χ2n) is 4.45. The monoisotopic (exact) mass is 280 g/mol. The summed E-state index contributed by atoms with van der Waals surface area (Å²) in [7, 11) is 0. The lowest BCUT2D eigenvalue weighted by Gasteiger charge is -2.08. The number of nitrogens with zero attached hydrogens (tertiary/aromatic N) is 4. The predicted molar refractivity (Wildman–Crippen MR) is 78.7 cm³/mol. The quantitative estimate of drug-likeness (QED) is 0.535. The summed E-state index contributed by atoms with van der Waals surface area (Å²) in [5, 5.41) is 10.6. The molecule has 0 aliphatic rings. The Bertz CT molecular complexity index is 929. The number of aromatic nitrogens is 4. The molecule has 4 nitrogen and oxygen atoms in total. The Balaban J connectivity index is 2.13. The van der Waals surface area contributed by atoms with Crippen molar-refractivity contribution in [2.75, 3.05) is 0 Å². The highest BCUT2D eigenvalue weighted by molar-refractivity contribution is 6.34. The maximum atomic E-state index is 6.12. The molecule has 0 bridgehead atoms. The molecule has 20 heavy (non-hydrogen) atoms. The number of fused-ring (bicyclic) bond motifs is 2. The molecule has 0 aliphatic carbocycles. The fourth-order valence-electron chi connectivity index (χ4n) is 2.40. The van der Waals surface area contributed by atoms with Gasteiger partial charge in [-0.05, 0) is 12.1 Å². The van der Waals surface area contributed by atoms with Gasteiger partial charge in [-0.2, -0.15) is 0 Å². The summed E-state index contributed by atoms with van der Waals surface area (Å²) in [6, 6.07) is 13.8. The van der Waals surface area contributed by atoms with Gasteiger partial charge in [0, 0.05) is 23.2 Å². The summed E-state index contributed by atoms with van der Waals surface area (Å²) >= 11 is 6.12. The average molecular weight is 281 g/mol. The van der Waals surface area contributed by atoms with E-state index in [0.717, 1.165) is 27.8 Å². The number of pyridine rings is 1. The molecule has 0 radical (unpaired) electrons. The Morgan fingerprint density at radius 1 is 0.900 bits per heavy atom. The zero-order valence-electron chi connectivity index (χ0n) is 10.4. The maximum Gasteiger partial charge on any atom is 0.159 e. The van der Waals surface area contributed by atoms with Crippen LogP contribution in [0.25, 0.3) is 27.8 Å². The highest BCUT2D eigenvalue weighted by Gasteiger charge is 2.12. The Morgan fingerprint density at radius 3 is 2.65 bits per heavy atom. The molecule has 0 amide bonds. The molecule has 96 valence electrons. The van der Waals surface area contributed by atoms with Gasteiger partial charge in [0.15, 0.2) is 5.15 Å². The van der Waals surface area contributed by atoms with Crippen LogP contribution in [-0.2, 0) is 0 Å². The highest BCUT2D eigenvalue weighted by atomic mass is 35.5. The first kappa shape index (κ1) is 11.4.